The highest BCUT2D eigenvalue weighted by Gasteiger charge is 2.23. The number of hydrogen-bond acceptors (Lipinski definition) is 5. The van der Waals surface area contributed by atoms with Gasteiger partial charge in [0.25, 0.3) is 5.91 Å². The van der Waals surface area contributed by atoms with Crippen LogP contribution < -0.4 is 0 Å². The van der Waals surface area contributed by atoms with Crippen molar-refractivity contribution in [3.05, 3.63) is 102 Å². The number of ether oxygens (including phenoxy) is 1. The molecule has 3 rings (SSSR count). The molecule has 0 aliphatic rings. The molecular weight excluding hydrogens is 464 g/mol. The molecule has 0 aromatic heterocycles. The third kappa shape index (κ3) is 7.00. The molecule has 0 aliphatic carbocycles. The smallest absolute Gasteiger partial charge is 0.338 e. The Morgan fingerprint density at radius 2 is 1.31 bits per heavy atom. The van der Waals surface area contributed by atoms with Crippen LogP contribution in [0, 0.1) is 0 Å². The molecule has 0 N–H and O–H groups in total. The third-order valence-corrected chi connectivity index (χ3v) is 7.57. The van der Waals surface area contributed by atoms with Crippen molar-refractivity contribution in [1.82, 2.24) is 9.21 Å². The second kappa shape index (κ2) is 12.3. The van der Waals surface area contributed by atoms with Crippen molar-refractivity contribution < 1.29 is 22.7 Å². The van der Waals surface area contributed by atoms with E-state index in [1.165, 1.54) is 28.6 Å². The van der Waals surface area contributed by atoms with Crippen LogP contribution >= 0.6 is 0 Å². The number of nitrogens with zero attached hydrogens (tertiary/aromatic N) is 2. The Kier molecular flexibility index (Phi) is 9.17. The van der Waals surface area contributed by atoms with Crippen LogP contribution in [0.2, 0.25) is 0 Å². The summed E-state index contributed by atoms with van der Waals surface area (Å²) in [6.45, 7) is 4.42. The van der Waals surface area contributed by atoms with Crippen molar-refractivity contribution in [3.8, 4) is 0 Å². The monoisotopic (exact) mass is 494 g/mol. The van der Waals surface area contributed by atoms with E-state index in [1.807, 2.05) is 60.7 Å². The van der Waals surface area contributed by atoms with E-state index < -0.39 is 22.6 Å². The molecule has 8 heteroatoms. The predicted octanol–water partition coefficient (Wildman–Crippen LogP) is 4.10. The maximum atomic E-state index is 13.0. The molecule has 0 unspecified atom stereocenters. The number of sulfonamides is 1. The summed E-state index contributed by atoms with van der Waals surface area (Å²) in [4.78, 5) is 27.3. The summed E-state index contributed by atoms with van der Waals surface area (Å²) in [5.74, 6) is -1.10. The zero-order valence-electron chi connectivity index (χ0n) is 20.0. The fourth-order valence-electron chi connectivity index (χ4n) is 3.64. The molecule has 7 nitrogen and oxygen atoms in total. The number of carbonyl (C=O) groups is 2. The molecular formula is C27H30N2O5S. The van der Waals surface area contributed by atoms with E-state index >= 15 is 0 Å². The summed E-state index contributed by atoms with van der Waals surface area (Å²) in [6, 6.07) is 24.8. The van der Waals surface area contributed by atoms with Gasteiger partial charge >= 0.3 is 5.97 Å². The third-order valence-electron chi connectivity index (χ3n) is 5.52. The Labute approximate surface area is 207 Å². The van der Waals surface area contributed by atoms with Gasteiger partial charge in [-0.2, -0.15) is 4.31 Å². The number of esters is 1. The van der Waals surface area contributed by atoms with Crippen molar-refractivity contribution in [2.24, 2.45) is 0 Å². The van der Waals surface area contributed by atoms with E-state index in [1.54, 1.807) is 18.7 Å². The van der Waals surface area contributed by atoms with Gasteiger partial charge in [0.2, 0.25) is 10.0 Å². The van der Waals surface area contributed by atoms with Crippen molar-refractivity contribution in [3.63, 3.8) is 0 Å². The molecule has 0 spiro atoms. The Bertz CT molecular complexity index is 1190. The molecule has 0 heterocycles. The first-order chi connectivity index (χ1) is 16.8. The van der Waals surface area contributed by atoms with Crippen molar-refractivity contribution in [2.75, 3.05) is 19.7 Å². The second-order valence-corrected chi connectivity index (χ2v) is 9.85. The summed E-state index contributed by atoms with van der Waals surface area (Å²) in [7, 11) is -3.72. The van der Waals surface area contributed by atoms with E-state index in [-0.39, 0.29) is 16.4 Å². The molecule has 3 aromatic carbocycles. The van der Waals surface area contributed by atoms with Crippen LogP contribution in [-0.2, 0) is 32.6 Å². The molecule has 184 valence electrons. The van der Waals surface area contributed by atoms with Gasteiger partial charge in [0.1, 0.15) is 0 Å². The van der Waals surface area contributed by atoms with E-state index in [0.29, 0.717) is 26.2 Å². The lowest BCUT2D eigenvalue weighted by atomic mass is 10.1. The lowest BCUT2D eigenvalue weighted by Gasteiger charge is -2.23. The SMILES string of the molecule is CCN(CC)S(=O)(=O)c1cccc(C(=O)OCC(=O)N(Cc2ccccc2)Cc2ccccc2)c1. The lowest BCUT2D eigenvalue weighted by Crippen LogP contribution is -2.34. The van der Waals surface area contributed by atoms with Crippen LogP contribution in [0.25, 0.3) is 0 Å². The molecule has 0 aliphatic heterocycles. The Balaban J connectivity index is 1.71. The minimum Gasteiger partial charge on any atom is -0.452 e. The normalized spacial score (nSPS) is 11.3. The highest BCUT2D eigenvalue weighted by atomic mass is 32.2. The van der Waals surface area contributed by atoms with Gasteiger partial charge in [-0.15, -0.1) is 0 Å². The van der Waals surface area contributed by atoms with Crippen LogP contribution in [0.5, 0.6) is 0 Å². The largest absolute Gasteiger partial charge is 0.452 e. The molecule has 35 heavy (non-hydrogen) atoms. The summed E-state index contributed by atoms with van der Waals surface area (Å²) in [5, 5.41) is 0. The number of benzene rings is 3. The molecule has 0 bridgehead atoms. The molecule has 0 saturated carbocycles. The van der Waals surface area contributed by atoms with Crippen molar-refractivity contribution in [2.45, 2.75) is 31.8 Å². The first-order valence-corrected chi connectivity index (χ1v) is 12.9. The maximum Gasteiger partial charge on any atom is 0.338 e. The van der Waals surface area contributed by atoms with Crippen molar-refractivity contribution >= 4 is 21.9 Å². The first kappa shape index (κ1) is 26.1. The standard InChI is InChI=1S/C27H30N2O5S/c1-3-29(4-2)35(32,33)25-17-11-16-24(18-25)27(31)34-21-26(30)28(19-22-12-7-5-8-13-22)20-23-14-9-6-10-15-23/h5-18H,3-4,19-21H2,1-2H3. The Hall–Kier alpha value is -3.49. The second-order valence-electron chi connectivity index (χ2n) is 7.91. The number of carbonyl (C=O) groups excluding carboxylic acids is 2. The van der Waals surface area contributed by atoms with Crippen LogP contribution in [0.3, 0.4) is 0 Å². The van der Waals surface area contributed by atoms with Gasteiger partial charge in [-0.25, -0.2) is 13.2 Å². The average molecular weight is 495 g/mol. The van der Waals surface area contributed by atoms with Gasteiger partial charge in [-0.05, 0) is 29.3 Å². The van der Waals surface area contributed by atoms with E-state index in [2.05, 4.69) is 0 Å². The predicted molar refractivity (Wildman–Crippen MR) is 134 cm³/mol. The van der Waals surface area contributed by atoms with Gasteiger partial charge in [-0.1, -0.05) is 80.6 Å². The van der Waals surface area contributed by atoms with Crippen LogP contribution in [0.4, 0.5) is 0 Å². The van der Waals surface area contributed by atoms with Crippen molar-refractivity contribution in [1.29, 1.82) is 0 Å². The number of amides is 1. The van der Waals surface area contributed by atoms with Gasteiger partial charge in [0.05, 0.1) is 10.5 Å². The zero-order valence-corrected chi connectivity index (χ0v) is 20.8. The van der Waals surface area contributed by atoms with Crippen LogP contribution in [0.1, 0.15) is 35.3 Å². The van der Waals surface area contributed by atoms with Gasteiger partial charge < -0.3 is 9.64 Å². The highest BCUT2D eigenvalue weighted by Crippen LogP contribution is 2.18. The average Bonchev–Trinajstić information content (AvgIpc) is 2.88. The van der Waals surface area contributed by atoms with E-state index in [4.69, 9.17) is 4.74 Å². The van der Waals surface area contributed by atoms with Crippen LogP contribution in [-0.4, -0.2) is 49.2 Å². The fraction of sp³-hybridized carbons (Fsp3) is 0.259. The Morgan fingerprint density at radius 3 is 1.83 bits per heavy atom. The van der Waals surface area contributed by atoms with Gasteiger partial charge in [0, 0.05) is 26.2 Å². The molecule has 3 aromatic rings. The van der Waals surface area contributed by atoms with E-state index in [9.17, 15) is 18.0 Å². The maximum absolute atomic E-state index is 13.0. The quantitative estimate of drug-likeness (QED) is 0.375. The van der Waals surface area contributed by atoms with Gasteiger partial charge in [-0.3, -0.25) is 4.79 Å². The first-order valence-electron chi connectivity index (χ1n) is 11.5. The fourth-order valence-corrected chi connectivity index (χ4v) is 5.14. The summed E-state index contributed by atoms with van der Waals surface area (Å²) >= 11 is 0. The molecule has 0 fully saturated rings. The molecule has 0 saturated heterocycles. The van der Waals surface area contributed by atoms with E-state index in [0.717, 1.165) is 11.1 Å². The minimum atomic E-state index is -3.72. The summed E-state index contributed by atoms with van der Waals surface area (Å²) < 4.78 is 32.2. The zero-order chi connectivity index (χ0) is 25.3. The molecule has 1 amide bonds. The Morgan fingerprint density at radius 1 is 0.771 bits per heavy atom. The summed E-state index contributed by atoms with van der Waals surface area (Å²) in [6.07, 6.45) is 0. The summed E-state index contributed by atoms with van der Waals surface area (Å²) in [5.41, 5.74) is 1.98. The van der Waals surface area contributed by atoms with Gasteiger partial charge in [0.15, 0.2) is 6.61 Å². The number of rotatable bonds is 11. The van der Waals surface area contributed by atoms with Crippen LogP contribution in [0.15, 0.2) is 89.8 Å². The minimum absolute atomic E-state index is 0.0109. The molecule has 0 radical (unpaired) electrons. The molecule has 0 atom stereocenters. The topological polar surface area (TPSA) is 84.0 Å². The number of hydrogen-bond donors (Lipinski definition) is 0. The highest BCUT2D eigenvalue weighted by molar-refractivity contribution is 7.89. The lowest BCUT2D eigenvalue weighted by molar-refractivity contribution is -0.135.